The summed E-state index contributed by atoms with van der Waals surface area (Å²) >= 11 is 0.727. The summed E-state index contributed by atoms with van der Waals surface area (Å²) < 4.78 is 45.1. The third kappa shape index (κ3) is 4.46. The van der Waals surface area contributed by atoms with E-state index in [0.29, 0.717) is 5.56 Å². The van der Waals surface area contributed by atoms with E-state index in [0.717, 1.165) is 29.0 Å². The largest absolute Gasteiger partial charge is 0.457 e. The zero-order chi connectivity index (χ0) is 33.4. The van der Waals surface area contributed by atoms with Gasteiger partial charge in [-0.1, -0.05) is 43.8 Å². The topological polar surface area (TPSA) is 111 Å². The number of aliphatic hydroxyl groups is 1. The molecule has 4 aliphatic rings. The Morgan fingerprint density at radius 2 is 1.85 bits per heavy atom. The minimum absolute atomic E-state index is 0.000513. The standard InChI is InChI=1S/C36H38F2O7S/c1-19-8-9-22(13-20(19)2)28(40)18-46-32(43)36(45-31(42)29-7-6-12-44-29)21(3)14-24-25-16-27(37)26-15-23(39)10-11-33(26,4)35(25,38)30(41)17-34(24,36)5/h6-13,15,21,24-25,27,30,41H,14,16-18H2,1-5H3/t21-,24+,25+,27+,30+,33+,34+,35+,36+/m1/s1. The molecule has 244 valence electrons. The first-order chi connectivity index (χ1) is 21.6. The van der Waals surface area contributed by atoms with E-state index in [4.69, 9.17) is 9.15 Å². The Morgan fingerprint density at radius 3 is 2.52 bits per heavy atom. The van der Waals surface area contributed by atoms with Gasteiger partial charge in [-0.05, 0) is 93.0 Å². The third-order valence-corrected chi connectivity index (χ3v) is 12.6. The molecule has 0 spiro atoms. The number of thioether (sulfide) groups is 1. The van der Waals surface area contributed by atoms with E-state index in [9.17, 15) is 24.3 Å². The summed E-state index contributed by atoms with van der Waals surface area (Å²) in [5.74, 6) is -4.45. The second kappa shape index (κ2) is 11.1. The van der Waals surface area contributed by atoms with Crippen molar-refractivity contribution in [3.63, 3.8) is 0 Å². The molecule has 0 unspecified atom stereocenters. The van der Waals surface area contributed by atoms with Gasteiger partial charge in [-0.2, -0.15) is 0 Å². The van der Waals surface area contributed by atoms with Crippen LogP contribution in [0.4, 0.5) is 8.78 Å². The van der Waals surface area contributed by atoms with Gasteiger partial charge in [-0.25, -0.2) is 13.6 Å². The number of hydrogen-bond donors (Lipinski definition) is 1. The molecule has 0 amide bonds. The summed E-state index contributed by atoms with van der Waals surface area (Å²) in [4.78, 5) is 53.5. The highest BCUT2D eigenvalue weighted by Crippen LogP contribution is 2.72. The highest BCUT2D eigenvalue weighted by Gasteiger charge is 2.78. The number of carbonyl (C=O) groups is 4. The maximum Gasteiger partial charge on any atom is 0.375 e. The van der Waals surface area contributed by atoms with Crippen LogP contribution in [0.1, 0.15) is 72.1 Å². The summed E-state index contributed by atoms with van der Waals surface area (Å²) in [5.41, 5.74) is -4.81. The second-order valence-electron chi connectivity index (χ2n) is 13.9. The van der Waals surface area contributed by atoms with Crippen molar-refractivity contribution in [1.82, 2.24) is 0 Å². The van der Waals surface area contributed by atoms with Crippen LogP contribution in [0.15, 0.2) is 64.8 Å². The fourth-order valence-electron chi connectivity index (χ4n) is 9.05. The van der Waals surface area contributed by atoms with Gasteiger partial charge in [0.2, 0.25) is 10.9 Å². The van der Waals surface area contributed by atoms with Crippen molar-refractivity contribution in [3.8, 4) is 0 Å². The van der Waals surface area contributed by atoms with E-state index < -0.39 is 69.0 Å². The number of alkyl halides is 2. The van der Waals surface area contributed by atoms with E-state index in [-0.39, 0.29) is 42.1 Å². The first-order valence-corrected chi connectivity index (χ1v) is 16.6. The van der Waals surface area contributed by atoms with Crippen molar-refractivity contribution in [2.45, 2.75) is 77.4 Å². The summed E-state index contributed by atoms with van der Waals surface area (Å²) in [6.07, 6.45) is 1.26. The normalized spacial score (nSPS) is 38.0. The third-order valence-electron chi connectivity index (χ3n) is 11.6. The lowest BCUT2D eigenvalue weighted by atomic mass is 9.44. The van der Waals surface area contributed by atoms with Crippen molar-refractivity contribution >= 4 is 34.4 Å². The maximum absolute atomic E-state index is 17.7. The molecule has 0 aliphatic heterocycles. The minimum Gasteiger partial charge on any atom is -0.457 e. The van der Waals surface area contributed by atoms with Crippen LogP contribution >= 0.6 is 11.8 Å². The van der Waals surface area contributed by atoms with Crippen LogP contribution in [0, 0.1) is 42.4 Å². The molecule has 9 atom stereocenters. The molecule has 6 rings (SSSR count). The van der Waals surface area contributed by atoms with Crippen LogP contribution < -0.4 is 0 Å². The molecule has 1 heterocycles. The number of halogens is 2. The zero-order valence-electron chi connectivity index (χ0n) is 26.5. The molecule has 7 nitrogen and oxygen atoms in total. The van der Waals surface area contributed by atoms with Crippen molar-refractivity contribution in [2.75, 3.05) is 5.75 Å². The molecular weight excluding hydrogens is 614 g/mol. The molecule has 3 fully saturated rings. The smallest absolute Gasteiger partial charge is 0.375 e. The number of aliphatic hydroxyl groups excluding tert-OH is 1. The highest BCUT2D eigenvalue weighted by atomic mass is 32.2. The van der Waals surface area contributed by atoms with Crippen LogP contribution in [0.5, 0.6) is 0 Å². The Labute approximate surface area is 270 Å². The predicted molar refractivity (Wildman–Crippen MR) is 168 cm³/mol. The van der Waals surface area contributed by atoms with E-state index in [2.05, 4.69) is 0 Å². The number of allylic oxidation sites excluding steroid dienone is 4. The highest BCUT2D eigenvalue weighted by molar-refractivity contribution is 8.14. The van der Waals surface area contributed by atoms with Crippen LogP contribution in [0.25, 0.3) is 0 Å². The SMILES string of the molecule is Cc1ccc(C(=O)CSC(=O)[C@@]2(OC(=O)c3ccco3)[C@H](C)C[C@H]3[C@@H]4C[C@H](F)C5=CC(=O)C=C[C@]5(C)[C@@]4(F)[C@@H](O)C[C@@]32C)cc1C. The molecule has 0 saturated heterocycles. The number of aryl methyl sites for hydroxylation is 2. The lowest BCUT2D eigenvalue weighted by molar-refractivity contribution is -0.221. The minimum atomic E-state index is -2.36. The first kappa shape index (κ1) is 32.6. The van der Waals surface area contributed by atoms with Crippen molar-refractivity contribution in [2.24, 2.45) is 28.6 Å². The van der Waals surface area contributed by atoms with E-state index in [1.165, 1.54) is 37.5 Å². The Bertz CT molecular complexity index is 1680. The van der Waals surface area contributed by atoms with Gasteiger partial charge in [0.15, 0.2) is 22.8 Å². The van der Waals surface area contributed by atoms with Crippen LogP contribution in [-0.2, 0) is 14.3 Å². The summed E-state index contributed by atoms with van der Waals surface area (Å²) in [6.45, 7) is 8.76. The van der Waals surface area contributed by atoms with Gasteiger partial charge < -0.3 is 14.3 Å². The van der Waals surface area contributed by atoms with Gasteiger partial charge in [-0.3, -0.25) is 14.4 Å². The van der Waals surface area contributed by atoms with Gasteiger partial charge in [0.1, 0.15) is 6.17 Å². The number of esters is 1. The average Bonchev–Trinajstić information content (AvgIpc) is 3.62. The molecule has 0 bridgehead atoms. The first-order valence-electron chi connectivity index (χ1n) is 15.6. The summed E-state index contributed by atoms with van der Waals surface area (Å²) in [5, 5.41) is 11.2. The van der Waals surface area contributed by atoms with Crippen molar-refractivity contribution in [3.05, 3.63) is 82.8 Å². The zero-order valence-corrected chi connectivity index (χ0v) is 27.3. The van der Waals surface area contributed by atoms with E-state index in [1.807, 2.05) is 19.9 Å². The molecule has 46 heavy (non-hydrogen) atoms. The van der Waals surface area contributed by atoms with Crippen molar-refractivity contribution < 1.29 is 42.2 Å². The Balaban J connectivity index is 1.40. The molecule has 0 radical (unpaired) electrons. The fourth-order valence-corrected chi connectivity index (χ4v) is 10.2. The molecule has 4 aliphatic carbocycles. The van der Waals surface area contributed by atoms with E-state index in [1.54, 1.807) is 26.0 Å². The number of rotatable bonds is 6. The molecule has 2 aromatic rings. The second-order valence-corrected chi connectivity index (χ2v) is 14.8. The molecule has 1 aromatic heterocycles. The molecule has 3 saturated carbocycles. The number of carbonyl (C=O) groups excluding carboxylic acids is 4. The predicted octanol–water partition coefficient (Wildman–Crippen LogP) is 6.50. The monoisotopic (exact) mass is 652 g/mol. The molecule has 10 heteroatoms. The maximum atomic E-state index is 17.7. The number of ether oxygens (including phenoxy) is 1. The van der Waals surface area contributed by atoms with Gasteiger partial charge in [0.05, 0.1) is 18.1 Å². The molecule has 1 N–H and O–H groups in total. The summed E-state index contributed by atoms with van der Waals surface area (Å²) in [6, 6.07) is 8.20. The Morgan fingerprint density at radius 1 is 1.11 bits per heavy atom. The van der Waals surface area contributed by atoms with E-state index >= 15 is 8.78 Å². The van der Waals surface area contributed by atoms with Crippen LogP contribution in [-0.4, -0.2) is 57.1 Å². The number of benzene rings is 1. The number of furan rings is 1. The Kier molecular flexibility index (Phi) is 7.87. The quantitative estimate of drug-likeness (QED) is 0.278. The Hall–Kier alpha value is -3.37. The number of ketones is 2. The van der Waals surface area contributed by atoms with Gasteiger partial charge in [0.25, 0.3) is 0 Å². The van der Waals surface area contributed by atoms with Crippen molar-refractivity contribution in [1.29, 1.82) is 0 Å². The van der Waals surface area contributed by atoms with Crippen LogP contribution in [0.3, 0.4) is 0 Å². The fraction of sp³-hybridized carbons (Fsp3) is 0.500. The van der Waals surface area contributed by atoms with Gasteiger partial charge in [0, 0.05) is 28.2 Å². The molecular formula is C36H38F2O7S. The number of Topliss-reactive ketones (excluding diaryl/α,β-unsaturated/α-hetero) is 1. The van der Waals surface area contributed by atoms with Crippen LogP contribution in [0.2, 0.25) is 0 Å². The number of fused-ring (bicyclic) bond motifs is 5. The molecule has 1 aromatic carbocycles. The van der Waals surface area contributed by atoms with Gasteiger partial charge in [-0.15, -0.1) is 0 Å². The number of hydrogen-bond acceptors (Lipinski definition) is 8. The summed E-state index contributed by atoms with van der Waals surface area (Å²) in [7, 11) is 0. The average molecular weight is 653 g/mol. The lowest BCUT2D eigenvalue weighted by Gasteiger charge is -2.63. The lowest BCUT2D eigenvalue weighted by Crippen LogP contribution is -2.70. The van der Waals surface area contributed by atoms with Gasteiger partial charge >= 0.3 is 5.97 Å².